The number of carbonyl (C=O) groups is 3. The Morgan fingerprint density at radius 2 is 2.04 bits per heavy atom. The molecular weight excluding hydrogens is 364 g/mol. The Morgan fingerprint density at radius 3 is 2.65 bits per heavy atom. The van der Waals surface area contributed by atoms with E-state index < -0.39 is 53.8 Å². The second-order valence-corrected chi connectivity index (χ2v) is 5.40. The van der Waals surface area contributed by atoms with Crippen LogP contribution in [-0.2, 0) is 30.1 Å². The summed E-state index contributed by atoms with van der Waals surface area (Å²) in [6.07, 6.45) is -4.92. The lowest BCUT2D eigenvalue weighted by molar-refractivity contribution is -0.154. The van der Waals surface area contributed by atoms with Crippen molar-refractivity contribution >= 4 is 17.8 Å². The maximum atomic E-state index is 13.4. The number of amides is 2. The van der Waals surface area contributed by atoms with E-state index in [0.717, 1.165) is 13.2 Å². The highest BCUT2D eigenvalue weighted by Crippen LogP contribution is 2.36. The van der Waals surface area contributed by atoms with E-state index in [1.165, 1.54) is 0 Å². The van der Waals surface area contributed by atoms with Crippen LogP contribution in [0.5, 0.6) is 0 Å². The lowest BCUT2D eigenvalue weighted by atomic mass is 9.87. The molecule has 1 heterocycles. The SMILES string of the molecule is COC(=O)CONC(=O)[C@H]1C(=O)NC[C@@H]1c1ccc(F)c(C(F)(F)F)c1. The van der Waals surface area contributed by atoms with E-state index >= 15 is 0 Å². The third-order valence-electron chi connectivity index (χ3n) is 3.78. The minimum absolute atomic E-state index is 0.0369. The molecule has 2 rings (SSSR count). The topological polar surface area (TPSA) is 93.7 Å². The Morgan fingerprint density at radius 1 is 1.35 bits per heavy atom. The summed E-state index contributed by atoms with van der Waals surface area (Å²) in [5.41, 5.74) is 0.352. The number of ether oxygens (including phenoxy) is 1. The number of halogens is 4. The van der Waals surface area contributed by atoms with Gasteiger partial charge in [0.05, 0.1) is 12.7 Å². The summed E-state index contributed by atoms with van der Waals surface area (Å²) >= 11 is 0. The summed E-state index contributed by atoms with van der Waals surface area (Å²) in [4.78, 5) is 39.5. The predicted octanol–water partition coefficient (Wildman–Crippen LogP) is 0.895. The summed E-state index contributed by atoms with van der Waals surface area (Å²) in [5.74, 6) is -6.30. The highest BCUT2D eigenvalue weighted by atomic mass is 19.4. The molecule has 11 heteroatoms. The van der Waals surface area contributed by atoms with Crippen LogP contribution in [-0.4, -0.2) is 38.0 Å². The van der Waals surface area contributed by atoms with Gasteiger partial charge in [-0.05, 0) is 17.7 Å². The maximum absolute atomic E-state index is 13.4. The van der Waals surface area contributed by atoms with Gasteiger partial charge in [-0.15, -0.1) is 0 Å². The van der Waals surface area contributed by atoms with Crippen LogP contribution in [0.3, 0.4) is 0 Å². The molecule has 2 N–H and O–H groups in total. The summed E-state index contributed by atoms with van der Waals surface area (Å²) in [7, 11) is 1.10. The minimum atomic E-state index is -4.92. The van der Waals surface area contributed by atoms with Gasteiger partial charge in [0.2, 0.25) is 5.91 Å². The van der Waals surface area contributed by atoms with Crippen molar-refractivity contribution in [1.29, 1.82) is 0 Å². The van der Waals surface area contributed by atoms with E-state index in [9.17, 15) is 31.9 Å². The molecule has 0 radical (unpaired) electrons. The number of methoxy groups -OCH3 is 1. The van der Waals surface area contributed by atoms with E-state index in [0.29, 0.717) is 12.1 Å². The lowest BCUT2D eigenvalue weighted by Gasteiger charge is -2.18. The molecule has 1 aromatic carbocycles. The Bertz CT molecular complexity index is 722. The molecule has 26 heavy (non-hydrogen) atoms. The third kappa shape index (κ3) is 4.28. The molecule has 1 aliphatic heterocycles. The zero-order valence-electron chi connectivity index (χ0n) is 13.4. The van der Waals surface area contributed by atoms with Crippen molar-refractivity contribution in [1.82, 2.24) is 10.8 Å². The van der Waals surface area contributed by atoms with Gasteiger partial charge in [-0.1, -0.05) is 6.07 Å². The normalized spacial score (nSPS) is 19.8. The first-order valence-electron chi connectivity index (χ1n) is 7.28. The number of hydrogen-bond donors (Lipinski definition) is 2. The van der Waals surface area contributed by atoms with E-state index in [1.807, 2.05) is 5.48 Å². The van der Waals surface area contributed by atoms with Crippen LogP contribution < -0.4 is 10.8 Å². The van der Waals surface area contributed by atoms with E-state index in [-0.39, 0.29) is 12.1 Å². The summed E-state index contributed by atoms with van der Waals surface area (Å²) in [5, 5.41) is 2.36. The van der Waals surface area contributed by atoms with Crippen LogP contribution in [0.4, 0.5) is 17.6 Å². The quantitative estimate of drug-likeness (QED) is 0.344. The largest absolute Gasteiger partial charge is 0.467 e. The van der Waals surface area contributed by atoms with Gasteiger partial charge in [0, 0.05) is 12.5 Å². The van der Waals surface area contributed by atoms with Crippen molar-refractivity contribution in [3.05, 3.63) is 35.1 Å². The second kappa shape index (κ2) is 7.68. The number of rotatable bonds is 5. The van der Waals surface area contributed by atoms with Crippen LogP contribution in [0.15, 0.2) is 18.2 Å². The molecule has 7 nitrogen and oxygen atoms in total. The number of carbonyl (C=O) groups excluding carboxylic acids is 3. The van der Waals surface area contributed by atoms with Crippen molar-refractivity contribution < 1.29 is 41.5 Å². The Labute approximate surface area is 144 Å². The zero-order valence-corrected chi connectivity index (χ0v) is 13.4. The van der Waals surface area contributed by atoms with Crippen molar-refractivity contribution in [3.8, 4) is 0 Å². The Hall–Kier alpha value is -2.69. The molecule has 0 bridgehead atoms. The molecule has 1 aromatic rings. The maximum Gasteiger partial charge on any atom is 0.419 e. The molecule has 0 aliphatic carbocycles. The number of esters is 1. The highest BCUT2D eigenvalue weighted by molar-refractivity contribution is 6.02. The molecule has 2 amide bonds. The van der Waals surface area contributed by atoms with Crippen molar-refractivity contribution in [2.45, 2.75) is 12.1 Å². The van der Waals surface area contributed by atoms with E-state index in [1.54, 1.807) is 0 Å². The molecular formula is C15H14F4N2O5. The molecule has 1 saturated heterocycles. The molecule has 1 aliphatic rings. The van der Waals surface area contributed by atoms with Gasteiger partial charge >= 0.3 is 12.1 Å². The Kier molecular flexibility index (Phi) is 5.80. The van der Waals surface area contributed by atoms with Gasteiger partial charge < -0.3 is 10.1 Å². The number of benzene rings is 1. The van der Waals surface area contributed by atoms with Crippen LogP contribution in [0.25, 0.3) is 0 Å². The Balaban J connectivity index is 2.19. The van der Waals surface area contributed by atoms with Gasteiger partial charge in [0.25, 0.3) is 5.91 Å². The first-order chi connectivity index (χ1) is 12.1. The van der Waals surface area contributed by atoms with Crippen molar-refractivity contribution in [2.75, 3.05) is 20.3 Å². The number of alkyl halides is 3. The fourth-order valence-electron chi connectivity index (χ4n) is 2.51. The van der Waals surface area contributed by atoms with Crippen LogP contribution in [0, 0.1) is 11.7 Å². The first-order valence-corrected chi connectivity index (χ1v) is 7.28. The molecule has 2 atom stereocenters. The molecule has 0 unspecified atom stereocenters. The molecule has 0 saturated carbocycles. The van der Waals surface area contributed by atoms with Crippen LogP contribution in [0.2, 0.25) is 0 Å². The number of nitrogens with one attached hydrogen (secondary N) is 2. The monoisotopic (exact) mass is 378 g/mol. The highest BCUT2D eigenvalue weighted by Gasteiger charge is 2.43. The van der Waals surface area contributed by atoms with Gasteiger partial charge in [0.1, 0.15) is 11.7 Å². The summed E-state index contributed by atoms with van der Waals surface area (Å²) in [6.45, 7) is -0.729. The van der Waals surface area contributed by atoms with Gasteiger partial charge in [-0.3, -0.25) is 14.4 Å². The molecule has 0 spiro atoms. The summed E-state index contributed by atoms with van der Waals surface area (Å²) < 4.78 is 56.3. The standard InChI is InChI=1S/C15H14F4N2O5/c1-25-11(22)6-26-21-14(24)12-8(5-20-13(12)23)7-2-3-10(16)9(4-7)15(17,18)19/h2-4,8,12H,5-6H2,1H3,(H,20,23)(H,21,24)/t8-,12-/m1/s1. The van der Waals surface area contributed by atoms with Gasteiger partial charge in [-0.25, -0.2) is 14.7 Å². The summed E-state index contributed by atoms with van der Waals surface area (Å²) in [6, 6.07) is 2.27. The smallest absolute Gasteiger partial charge is 0.419 e. The fourth-order valence-corrected chi connectivity index (χ4v) is 2.51. The fraction of sp³-hybridized carbons (Fsp3) is 0.400. The minimum Gasteiger partial charge on any atom is -0.467 e. The average molecular weight is 378 g/mol. The van der Waals surface area contributed by atoms with Crippen LogP contribution in [0.1, 0.15) is 17.0 Å². The van der Waals surface area contributed by atoms with Gasteiger partial charge in [0.15, 0.2) is 6.61 Å². The van der Waals surface area contributed by atoms with Crippen molar-refractivity contribution in [3.63, 3.8) is 0 Å². The van der Waals surface area contributed by atoms with E-state index in [4.69, 9.17) is 0 Å². The van der Waals surface area contributed by atoms with Crippen LogP contribution >= 0.6 is 0 Å². The number of hydrogen-bond acceptors (Lipinski definition) is 5. The number of hydroxylamine groups is 1. The molecule has 1 fully saturated rings. The van der Waals surface area contributed by atoms with E-state index in [2.05, 4.69) is 14.9 Å². The zero-order chi connectivity index (χ0) is 19.5. The third-order valence-corrected chi connectivity index (χ3v) is 3.78. The van der Waals surface area contributed by atoms with Crippen molar-refractivity contribution in [2.24, 2.45) is 5.92 Å². The first kappa shape index (κ1) is 19.6. The molecule has 0 aromatic heterocycles. The predicted molar refractivity (Wildman–Crippen MR) is 76.8 cm³/mol. The average Bonchev–Trinajstić information content (AvgIpc) is 2.95. The second-order valence-electron chi connectivity index (χ2n) is 5.40. The lowest BCUT2D eigenvalue weighted by Crippen LogP contribution is -2.38. The van der Waals surface area contributed by atoms with Gasteiger partial charge in [-0.2, -0.15) is 13.2 Å². The molecule has 142 valence electrons.